The van der Waals surface area contributed by atoms with Crippen molar-refractivity contribution >= 4 is 10.9 Å². The predicted octanol–water partition coefficient (Wildman–Crippen LogP) is 3.54. The Morgan fingerprint density at radius 1 is 1.20 bits per heavy atom. The second kappa shape index (κ2) is 7.48. The van der Waals surface area contributed by atoms with Crippen LogP contribution in [0.5, 0.6) is 17.2 Å². The monoisotopic (exact) mass is 403 g/mol. The maximum atomic E-state index is 13.0. The number of hydrogen-bond donors (Lipinski definition) is 2. The van der Waals surface area contributed by atoms with Crippen LogP contribution in [0.25, 0.3) is 10.9 Å². The van der Waals surface area contributed by atoms with E-state index < -0.39 is 5.92 Å². The van der Waals surface area contributed by atoms with Crippen LogP contribution >= 0.6 is 0 Å². The summed E-state index contributed by atoms with van der Waals surface area (Å²) < 4.78 is 17.0. The lowest BCUT2D eigenvalue weighted by Gasteiger charge is -2.27. The summed E-state index contributed by atoms with van der Waals surface area (Å²) in [6.07, 6.45) is -0.0343. The second-order valence-corrected chi connectivity index (χ2v) is 7.24. The maximum Gasteiger partial charge on any atom is 0.256 e. The number of H-pyrrole nitrogens is 1. The van der Waals surface area contributed by atoms with Crippen molar-refractivity contribution in [3.05, 3.63) is 75.4 Å². The highest BCUT2D eigenvalue weighted by Gasteiger charge is 2.35. The van der Waals surface area contributed by atoms with Crippen molar-refractivity contribution in [3.63, 3.8) is 0 Å². The van der Waals surface area contributed by atoms with E-state index in [1.165, 1.54) is 0 Å². The van der Waals surface area contributed by atoms with Gasteiger partial charge in [0.05, 0.1) is 30.2 Å². The van der Waals surface area contributed by atoms with Gasteiger partial charge in [-0.1, -0.05) is 18.2 Å². The van der Waals surface area contributed by atoms with Crippen molar-refractivity contribution in [2.45, 2.75) is 25.9 Å². The summed E-state index contributed by atoms with van der Waals surface area (Å²) in [6, 6.07) is 14.7. The molecule has 1 atom stereocenters. The number of aromatic amines is 1. The summed E-state index contributed by atoms with van der Waals surface area (Å²) in [4.78, 5) is 15.9. The van der Waals surface area contributed by atoms with Crippen LogP contribution in [-0.2, 0) is 0 Å². The molecule has 0 saturated carbocycles. The third kappa shape index (κ3) is 3.12. The van der Waals surface area contributed by atoms with E-state index in [1.54, 1.807) is 31.4 Å². The van der Waals surface area contributed by atoms with Crippen LogP contribution in [0.15, 0.2) is 58.7 Å². The Kier molecular flexibility index (Phi) is 4.84. The fourth-order valence-electron chi connectivity index (χ4n) is 3.72. The van der Waals surface area contributed by atoms with E-state index >= 15 is 0 Å². The summed E-state index contributed by atoms with van der Waals surface area (Å²) in [7, 11) is 1.54. The molecule has 0 aliphatic carbocycles. The molecule has 3 N–H and O–H groups in total. The number of aromatic nitrogens is 1. The van der Waals surface area contributed by atoms with Crippen LogP contribution in [0.4, 0.5) is 0 Å². The van der Waals surface area contributed by atoms with E-state index in [4.69, 9.17) is 19.9 Å². The van der Waals surface area contributed by atoms with Gasteiger partial charge in [-0.05, 0) is 43.7 Å². The van der Waals surface area contributed by atoms with E-state index in [9.17, 15) is 10.1 Å². The molecule has 7 heteroatoms. The van der Waals surface area contributed by atoms with Crippen molar-refractivity contribution in [3.8, 4) is 23.3 Å². The Labute approximate surface area is 173 Å². The number of hydrogen-bond acceptors (Lipinski definition) is 6. The van der Waals surface area contributed by atoms with Crippen LogP contribution in [-0.4, -0.2) is 18.2 Å². The molecule has 30 heavy (non-hydrogen) atoms. The zero-order valence-corrected chi connectivity index (χ0v) is 16.9. The summed E-state index contributed by atoms with van der Waals surface area (Å²) >= 11 is 0. The lowest BCUT2D eigenvalue weighted by molar-refractivity contribution is 0.230. The minimum Gasteiger partial charge on any atom is -0.493 e. The van der Waals surface area contributed by atoms with Gasteiger partial charge in [0.15, 0.2) is 11.5 Å². The van der Waals surface area contributed by atoms with E-state index in [0.29, 0.717) is 39.3 Å². The molecule has 0 bridgehead atoms. The Bertz CT molecular complexity index is 1270. The quantitative estimate of drug-likeness (QED) is 0.689. The van der Waals surface area contributed by atoms with Gasteiger partial charge in [0.2, 0.25) is 5.88 Å². The second-order valence-electron chi connectivity index (χ2n) is 7.24. The number of benzene rings is 2. The average molecular weight is 403 g/mol. The number of nitrogens with two attached hydrogens (primary N) is 1. The Morgan fingerprint density at radius 2 is 1.97 bits per heavy atom. The van der Waals surface area contributed by atoms with Gasteiger partial charge in [0.1, 0.15) is 17.4 Å². The summed E-state index contributed by atoms with van der Waals surface area (Å²) in [5.41, 5.74) is 7.58. The van der Waals surface area contributed by atoms with Gasteiger partial charge in [-0.2, -0.15) is 5.26 Å². The zero-order valence-electron chi connectivity index (χ0n) is 16.9. The number of methoxy groups -OCH3 is 1. The number of fused-ring (bicyclic) bond motifs is 3. The van der Waals surface area contributed by atoms with Crippen molar-refractivity contribution in [2.24, 2.45) is 5.73 Å². The number of allylic oxidation sites excluding steroid dienone is 1. The standard InChI is InChI=1S/C23H21N3O4/c1-12(2)29-17-9-8-13(10-18(17)28-3)19-15(11-24)22(25)30-21-14-6-4-5-7-16(14)26-23(27)20(19)21/h4-10,12,19H,25H2,1-3H3,(H,26,27)/t19-/m1/s1. The van der Waals surface area contributed by atoms with Crippen molar-refractivity contribution in [2.75, 3.05) is 7.11 Å². The number of rotatable bonds is 4. The summed E-state index contributed by atoms with van der Waals surface area (Å²) in [6.45, 7) is 3.84. The van der Waals surface area contributed by atoms with Crippen LogP contribution in [0, 0.1) is 11.3 Å². The third-order valence-electron chi connectivity index (χ3n) is 4.97. The topological polar surface area (TPSA) is 110 Å². The molecule has 1 aromatic heterocycles. The maximum absolute atomic E-state index is 13.0. The van der Waals surface area contributed by atoms with Gasteiger partial charge in [0.25, 0.3) is 5.56 Å². The summed E-state index contributed by atoms with van der Waals surface area (Å²) in [5, 5.41) is 10.5. The van der Waals surface area contributed by atoms with Crippen molar-refractivity contribution < 1.29 is 14.2 Å². The number of nitrogens with zero attached hydrogens (tertiary/aromatic N) is 1. The first-order chi connectivity index (χ1) is 14.4. The number of para-hydroxylation sites is 1. The molecule has 0 unspecified atom stereocenters. The molecule has 1 aliphatic heterocycles. The van der Waals surface area contributed by atoms with E-state index in [-0.39, 0.29) is 23.1 Å². The van der Waals surface area contributed by atoms with Gasteiger partial charge in [-0.3, -0.25) is 4.79 Å². The fourth-order valence-corrected chi connectivity index (χ4v) is 3.72. The van der Waals surface area contributed by atoms with Gasteiger partial charge in [-0.25, -0.2) is 0 Å². The van der Waals surface area contributed by atoms with Crippen LogP contribution in [0.1, 0.15) is 30.9 Å². The van der Waals surface area contributed by atoms with Crippen LogP contribution in [0.2, 0.25) is 0 Å². The highest BCUT2D eigenvalue weighted by molar-refractivity contribution is 5.87. The van der Waals surface area contributed by atoms with Crippen LogP contribution in [0.3, 0.4) is 0 Å². The first-order valence-corrected chi connectivity index (χ1v) is 9.51. The molecular weight excluding hydrogens is 382 g/mol. The molecule has 4 rings (SSSR count). The molecule has 2 aromatic carbocycles. The zero-order chi connectivity index (χ0) is 21.4. The van der Waals surface area contributed by atoms with Crippen LogP contribution < -0.4 is 25.5 Å². The third-order valence-corrected chi connectivity index (χ3v) is 4.97. The number of ether oxygens (including phenoxy) is 3. The molecule has 7 nitrogen and oxygen atoms in total. The van der Waals surface area contributed by atoms with Gasteiger partial charge >= 0.3 is 0 Å². The highest BCUT2D eigenvalue weighted by atomic mass is 16.5. The lowest BCUT2D eigenvalue weighted by Crippen LogP contribution is -2.27. The number of pyridine rings is 1. The minimum atomic E-state index is -0.700. The smallest absolute Gasteiger partial charge is 0.256 e. The molecule has 0 spiro atoms. The van der Waals surface area contributed by atoms with E-state index in [1.807, 2.05) is 32.0 Å². The lowest BCUT2D eigenvalue weighted by atomic mass is 9.83. The first kappa shape index (κ1) is 19.4. The minimum absolute atomic E-state index is 0.0211. The molecule has 3 aromatic rings. The van der Waals surface area contributed by atoms with Gasteiger partial charge in [-0.15, -0.1) is 0 Å². The number of nitrogens with one attached hydrogen (secondary N) is 1. The van der Waals surface area contributed by atoms with E-state index in [2.05, 4.69) is 11.1 Å². The van der Waals surface area contributed by atoms with Crippen molar-refractivity contribution in [1.82, 2.24) is 4.98 Å². The Morgan fingerprint density at radius 3 is 2.67 bits per heavy atom. The molecule has 152 valence electrons. The largest absolute Gasteiger partial charge is 0.493 e. The molecule has 1 aliphatic rings. The molecule has 0 radical (unpaired) electrons. The fraction of sp³-hybridized carbons (Fsp3) is 0.217. The normalized spacial score (nSPS) is 15.5. The molecule has 0 amide bonds. The Balaban J connectivity index is 1.97. The predicted molar refractivity (Wildman–Crippen MR) is 113 cm³/mol. The Hall–Kier alpha value is -3.92. The highest BCUT2D eigenvalue weighted by Crippen LogP contribution is 2.44. The average Bonchev–Trinajstić information content (AvgIpc) is 2.73. The van der Waals surface area contributed by atoms with E-state index in [0.717, 1.165) is 0 Å². The summed E-state index contributed by atoms with van der Waals surface area (Å²) in [5.74, 6) is 0.715. The SMILES string of the molecule is COc1cc([C@@H]2C(C#N)=C(N)Oc3c2c(=O)[nH]c2ccccc32)ccc1OC(C)C. The molecule has 0 fully saturated rings. The molecule has 0 saturated heterocycles. The van der Waals surface area contributed by atoms with Gasteiger partial charge in [0, 0.05) is 5.39 Å². The molecule has 2 heterocycles. The first-order valence-electron chi connectivity index (χ1n) is 9.51. The van der Waals surface area contributed by atoms with Gasteiger partial charge < -0.3 is 24.9 Å². The molecular formula is C23H21N3O4. The van der Waals surface area contributed by atoms with Crippen molar-refractivity contribution in [1.29, 1.82) is 5.26 Å². The number of nitriles is 1.